The third-order valence-corrected chi connectivity index (χ3v) is 7.03. The van der Waals surface area contributed by atoms with E-state index < -0.39 is 15.7 Å². The van der Waals surface area contributed by atoms with E-state index in [0.717, 1.165) is 11.1 Å². The predicted octanol–water partition coefficient (Wildman–Crippen LogP) is 2.18. The lowest BCUT2D eigenvalue weighted by atomic mass is 9.98. The van der Waals surface area contributed by atoms with Gasteiger partial charge in [0.25, 0.3) is 0 Å². The molecule has 0 unspecified atom stereocenters. The zero-order chi connectivity index (χ0) is 19.7. The maximum Gasteiger partial charge on any atom is 0.242 e. The van der Waals surface area contributed by atoms with Gasteiger partial charge in [-0.15, -0.1) is 12.3 Å². The monoisotopic (exact) mass is 388 g/mol. The minimum atomic E-state index is -3.50. The number of rotatable bonds is 7. The van der Waals surface area contributed by atoms with Crippen molar-refractivity contribution in [3.63, 3.8) is 0 Å². The molecular weight excluding hydrogens is 364 g/mol. The molecule has 1 amide bonds. The summed E-state index contributed by atoms with van der Waals surface area (Å²) in [4.78, 5) is 14.7. The Morgan fingerprint density at radius 3 is 2.70 bits per heavy atom. The summed E-state index contributed by atoms with van der Waals surface area (Å²) in [5.41, 5.74) is 1.25. The van der Waals surface area contributed by atoms with Gasteiger partial charge in [-0.2, -0.15) is 10.2 Å². The first-order valence-corrected chi connectivity index (χ1v) is 10.4. The van der Waals surface area contributed by atoms with Gasteiger partial charge >= 0.3 is 0 Å². The van der Waals surface area contributed by atoms with Crippen LogP contribution in [0.2, 0.25) is 0 Å². The van der Waals surface area contributed by atoms with E-state index in [-0.39, 0.29) is 5.91 Å². The molecule has 2 heterocycles. The van der Waals surface area contributed by atoms with Crippen molar-refractivity contribution in [2.75, 3.05) is 20.6 Å². The van der Waals surface area contributed by atoms with Crippen molar-refractivity contribution >= 4 is 15.9 Å². The van der Waals surface area contributed by atoms with Crippen molar-refractivity contribution in [2.45, 2.75) is 49.2 Å². The van der Waals surface area contributed by atoms with E-state index in [1.54, 1.807) is 17.0 Å². The molecule has 0 saturated heterocycles. The van der Waals surface area contributed by atoms with Crippen LogP contribution in [0.5, 0.6) is 0 Å². The Kier molecular flexibility index (Phi) is 5.36. The van der Waals surface area contributed by atoms with Crippen LogP contribution in [0.1, 0.15) is 36.8 Å². The molecule has 0 fully saturated rings. The van der Waals surface area contributed by atoms with E-state index in [2.05, 4.69) is 16.1 Å². The molecule has 0 aliphatic carbocycles. The molecule has 1 aromatic rings. The average Bonchev–Trinajstić information content (AvgIpc) is 3.43. The number of fused-ring (bicyclic) bond motifs is 1. The van der Waals surface area contributed by atoms with Gasteiger partial charge in [0, 0.05) is 52.9 Å². The number of benzene rings is 1. The Labute approximate surface area is 160 Å². The Morgan fingerprint density at radius 2 is 2.07 bits per heavy atom. The molecule has 2 aliphatic rings. The van der Waals surface area contributed by atoms with E-state index in [0.29, 0.717) is 50.1 Å². The van der Waals surface area contributed by atoms with Crippen molar-refractivity contribution in [1.29, 1.82) is 0 Å². The summed E-state index contributed by atoms with van der Waals surface area (Å²) in [6, 6.07) is 5.26. The molecule has 144 valence electrons. The third-order valence-electron chi connectivity index (χ3n) is 5.13. The number of hydrogen-bond donors (Lipinski definition) is 0. The highest BCUT2D eigenvalue weighted by Crippen LogP contribution is 2.38. The Bertz CT molecular complexity index is 909. The van der Waals surface area contributed by atoms with Crippen molar-refractivity contribution in [3.05, 3.63) is 29.3 Å². The van der Waals surface area contributed by atoms with Crippen LogP contribution in [0.25, 0.3) is 0 Å². The van der Waals surface area contributed by atoms with Gasteiger partial charge in [0.1, 0.15) is 0 Å². The summed E-state index contributed by atoms with van der Waals surface area (Å²) in [5, 5.41) is 8.13. The SMILES string of the molecule is C#CCCC1(CCC(=O)N2CCc3c(cccc3S(=O)(=O)N(C)C)C2)N=N1. The number of nitrogens with zero attached hydrogens (tertiary/aromatic N) is 4. The molecule has 7 nitrogen and oxygen atoms in total. The molecule has 0 spiro atoms. The van der Waals surface area contributed by atoms with Crippen LogP contribution in [0.15, 0.2) is 33.3 Å². The Hall–Kier alpha value is -2.24. The summed E-state index contributed by atoms with van der Waals surface area (Å²) in [5.74, 6) is 2.62. The van der Waals surface area contributed by atoms with E-state index in [1.165, 1.54) is 18.4 Å². The van der Waals surface area contributed by atoms with Gasteiger partial charge in [-0.05, 0) is 23.6 Å². The molecule has 2 aliphatic heterocycles. The number of carbonyl (C=O) groups is 1. The molecule has 1 aromatic carbocycles. The number of terminal acetylenes is 1. The van der Waals surface area contributed by atoms with Gasteiger partial charge in [0.05, 0.1) is 4.90 Å². The fraction of sp³-hybridized carbons (Fsp3) is 0.526. The predicted molar refractivity (Wildman–Crippen MR) is 101 cm³/mol. The van der Waals surface area contributed by atoms with Gasteiger partial charge in [-0.1, -0.05) is 12.1 Å². The molecule has 8 heteroatoms. The van der Waals surface area contributed by atoms with Crippen LogP contribution >= 0.6 is 0 Å². The summed E-state index contributed by atoms with van der Waals surface area (Å²) in [6.45, 7) is 0.939. The quantitative estimate of drug-likeness (QED) is 0.671. The molecule has 0 atom stereocenters. The standard InChI is InChI=1S/C19H24N4O3S/c1-4-5-11-19(20-21-19)12-9-18(24)23-13-10-16-15(14-23)7-6-8-17(16)27(25,26)22(2)3/h1,6-8H,5,9-14H2,2-3H3. The van der Waals surface area contributed by atoms with Crippen LogP contribution in [0, 0.1) is 12.3 Å². The van der Waals surface area contributed by atoms with Gasteiger partial charge in [-0.25, -0.2) is 12.7 Å². The highest BCUT2D eigenvalue weighted by molar-refractivity contribution is 7.89. The van der Waals surface area contributed by atoms with Gasteiger partial charge in [0.2, 0.25) is 15.9 Å². The van der Waals surface area contributed by atoms with E-state index in [4.69, 9.17) is 6.42 Å². The van der Waals surface area contributed by atoms with Crippen LogP contribution in [-0.2, 0) is 27.8 Å². The summed E-state index contributed by atoms with van der Waals surface area (Å²) in [6.07, 6.45) is 8.04. The van der Waals surface area contributed by atoms with Crippen LogP contribution in [0.4, 0.5) is 0 Å². The fourth-order valence-corrected chi connectivity index (χ4v) is 4.55. The minimum absolute atomic E-state index is 0.0407. The first-order chi connectivity index (χ1) is 12.8. The van der Waals surface area contributed by atoms with Crippen LogP contribution < -0.4 is 0 Å². The third kappa shape index (κ3) is 4.04. The van der Waals surface area contributed by atoms with Crippen LogP contribution in [0.3, 0.4) is 0 Å². The highest BCUT2D eigenvalue weighted by Gasteiger charge is 2.40. The zero-order valence-corrected chi connectivity index (χ0v) is 16.5. The molecule has 27 heavy (non-hydrogen) atoms. The smallest absolute Gasteiger partial charge is 0.242 e. The highest BCUT2D eigenvalue weighted by atomic mass is 32.2. The number of sulfonamides is 1. The number of hydrogen-bond acceptors (Lipinski definition) is 5. The molecule has 0 saturated carbocycles. The number of carbonyl (C=O) groups excluding carboxylic acids is 1. The topological polar surface area (TPSA) is 82.4 Å². The van der Waals surface area contributed by atoms with E-state index >= 15 is 0 Å². The van der Waals surface area contributed by atoms with E-state index in [1.807, 2.05) is 6.07 Å². The lowest BCUT2D eigenvalue weighted by Crippen LogP contribution is -2.37. The first kappa shape index (κ1) is 19.5. The van der Waals surface area contributed by atoms with Gasteiger partial charge < -0.3 is 4.90 Å². The van der Waals surface area contributed by atoms with E-state index in [9.17, 15) is 13.2 Å². The van der Waals surface area contributed by atoms with Gasteiger partial charge in [0.15, 0.2) is 5.66 Å². The lowest BCUT2D eigenvalue weighted by molar-refractivity contribution is -0.132. The average molecular weight is 388 g/mol. The van der Waals surface area contributed by atoms with Gasteiger partial charge in [-0.3, -0.25) is 4.79 Å². The lowest BCUT2D eigenvalue weighted by Gasteiger charge is -2.30. The van der Waals surface area contributed by atoms with Crippen LogP contribution in [-0.4, -0.2) is 49.8 Å². The normalized spacial score (nSPS) is 17.5. The van der Waals surface area contributed by atoms with Crippen molar-refractivity contribution in [3.8, 4) is 12.3 Å². The number of amides is 1. The second-order valence-corrected chi connectivity index (χ2v) is 9.25. The molecule has 0 radical (unpaired) electrons. The van der Waals surface area contributed by atoms with Crippen molar-refractivity contribution in [2.24, 2.45) is 10.2 Å². The maximum absolute atomic E-state index is 12.6. The summed E-state index contributed by atoms with van der Waals surface area (Å²) in [7, 11) is -0.447. The fourth-order valence-electron chi connectivity index (χ4n) is 3.36. The minimum Gasteiger partial charge on any atom is -0.338 e. The molecule has 0 bridgehead atoms. The zero-order valence-electron chi connectivity index (χ0n) is 15.7. The Balaban J connectivity index is 1.67. The largest absolute Gasteiger partial charge is 0.338 e. The summed E-state index contributed by atoms with van der Waals surface area (Å²) >= 11 is 0. The first-order valence-electron chi connectivity index (χ1n) is 8.98. The molecule has 3 rings (SSSR count). The Morgan fingerprint density at radius 1 is 1.33 bits per heavy atom. The van der Waals surface area contributed by atoms with Crippen molar-refractivity contribution < 1.29 is 13.2 Å². The molecule has 0 aromatic heterocycles. The molecule has 0 N–H and O–H groups in total. The second kappa shape index (κ2) is 7.41. The molecular formula is C19H24N4O3S. The van der Waals surface area contributed by atoms with Crippen molar-refractivity contribution in [1.82, 2.24) is 9.21 Å². The summed E-state index contributed by atoms with van der Waals surface area (Å²) < 4.78 is 26.3. The maximum atomic E-state index is 12.6. The second-order valence-electron chi connectivity index (χ2n) is 7.13.